The SMILES string of the molecule is O=C(Nc1ccc(Cl)cc1)Nc1cccc(N2CCCCC2)c1. The standard InChI is InChI=1S/C18H20ClN3O/c19-14-7-9-15(10-8-14)20-18(23)21-16-5-4-6-17(13-16)22-11-2-1-3-12-22/h4-10,13H,1-3,11-12H2,(H2,20,21,23). The molecule has 4 nitrogen and oxygen atoms in total. The van der Waals surface area contributed by atoms with Crippen molar-refractivity contribution in [1.29, 1.82) is 0 Å². The fourth-order valence-corrected chi connectivity index (χ4v) is 2.89. The molecular formula is C18H20ClN3O. The maximum Gasteiger partial charge on any atom is 0.323 e. The molecule has 120 valence electrons. The second-order valence-electron chi connectivity index (χ2n) is 5.68. The van der Waals surface area contributed by atoms with Crippen molar-refractivity contribution in [3.8, 4) is 0 Å². The van der Waals surface area contributed by atoms with Crippen LogP contribution in [0.2, 0.25) is 5.02 Å². The van der Waals surface area contributed by atoms with Gasteiger partial charge in [0.15, 0.2) is 0 Å². The van der Waals surface area contributed by atoms with Crippen LogP contribution in [0.3, 0.4) is 0 Å². The summed E-state index contributed by atoms with van der Waals surface area (Å²) in [5, 5.41) is 6.31. The zero-order valence-electron chi connectivity index (χ0n) is 12.9. The summed E-state index contributed by atoms with van der Waals surface area (Å²) in [4.78, 5) is 14.5. The Morgan fingerprint density at radius 2 is 1.61 bits per heavy atom. The third-order valence-electron chi connectivity index (χ3n) is 3.93. The van der Waals surface area contributed by atoms with Gasteiger partial charge in [0.25, 0.3) is 0 Å². The molecule has 1 fully saturated rings. The van der Waals surface area contributed by atoms with Crippen molar-refractivity contribution in [3.63, 3.8) is 0 Å². The Balaban J connectivity index is 1.62. The van der Waals surface area contributed by atoms with Crippen molar-refractivity contribution in [1.82, 2.24) is 0 Å². The molecular weight excluding hydrogens is 310 g/mol. The lowest BCUT2D eigenvalue weighted by atomic mass is 10.1. The maximum absolute atomic E-state index is 12.1. The molecule has 0 atom stereocenters. The fourth-order valence-electron chi connectivity index (χ4n) is 2.76. The Labute approximate surface area is 141 Å². The van der Waals surface area contributed by atoms with Crippen LogP contribution in [0, 0.1) is 0 Å². The lowest BCUT2D eigenvalue weighted by molar-refractivity contribution is 0.262. The summed E-state index contributed by atoms with van der Waals surface area (Å²) >= 11 is 5.84. The molecule has 1 saturated heterocycles. The first-order valence-electron chi connectivity index (χ1n) is 7.89. The largest absolute Gasteiger partial charge is 0.371 e. The molecule has 0 aliphatic carbocycles. The second-order valence-corrected chi connectivity index (χ2v) is 6.12. The highest BCUT2D eigenvalue weighted by molar-refractivity contribution is 6.30. The van der Waals surface area contributed by atoms with Crippen molar-refractivity contribution in [2.24, 2.45) is 0 Å². The lowest BCUT2D eigenvalue weighted by Crippen LogP contribution is -2.29. The van der Waals surface area contributed by atoms with Gasteiger partial charge in [0.05, 0.1) is 0 Å². The monoisotopic (exact) mass is 329 g/mol. The zero-order valence-corrected chi connectivity index (χ0v) is 13.6. The first-order valence-corrected chi connectivity index (χ1v) is 8.27. The molecule has 1 heterocycles. The Kier molecular flexibility index (Phi) is 5.03. The minimum Gasteiger partial charge on any atom is -0.371 e. The molecule has 2 aromatic rings. The number of benzene rings is 2. The van der Waals surface area contributed by atoms with Crippen molar-refractivity contribution in [3.05, 3.63) is 53.6 Å². The lowest BCUT2D eigenvalue weighted by Gasteiger charge is -2.29. The van der Waals surface area contributed by atoms with Crippen LogP contribution >= 0.6 is 11.6 Å². The molecule has 2 N–H and O–H groups in total. The molecule has 2 aromatic carbocycles. The predicted molar refractivity (Wildman–Crippen MR) is 96.6 cm³/mol. The van der Waals surface area contributed by atoms with Crippen LogP contribution in [0.1, 0.15) is 19.3 Å². The average Bonchev–Trinajstić information content (AvgIpc) is 2.58. The molecule has 0 unspecified atom stereocenters. The highest BCUT2D eigenvalue weighted by Gasteiger charge is 2.11. The van der Waals surface area contributed by atoms with Crippen LogP contribution in [0.25, 0.3) is 0 Å². The van der Waals surface area contributed by atoms with E-state index in [4.69, 9.17) is 11.6 Å². The summed E-state index contributed by atoms with van der Waals surface area (Å²) in [6.45, 7) is 2.17. The van der Waals surface area contributed by atoms with Gasteiger partial charge in [0.2, 0.25) is 0 Å². The molecule has 0 bridgehead atoms. The number of halogens is 1. The van der Waals surface area contributed by atoms with E-state index in [9.17, 15) is 4.79 Å². The fraction of sp³-hybridized carbons (Fsp3) is 0.278. The summed E-state index contributed by atoms with van der Waals surface area (Å²) < 4.78 is 0. The van der Waals surface area contributed by atoms with Gasteiger partial charge in [-0.25, -0.2) is 4.79 Å². The summed E-state index contributed by atoms with van der Waals surface area (Å²) in [6, 6.07) is 14.8. The van der Waals surface area contributed by atoms with Crippen LogP contribution < -0.4 is 15.5 Å². The van der Waals surface area contributed by atoms with Gasteiger partial charge in [-0.05, 0) is 61.7 Å². The number of piperidine rings is 1. The minimum atomic E-state index is -0.261. The van der Waals surface area contributed by atoms with Crippen LogP contribution in [0.15, 0.2) is 48.5 Å². The van der Waals surface area contributed by atoms with E-state index in [1.54, 1.807) is 24.3 Å². The summed E-state index contributed by atoms with van der Waals surface area (Å²) in [5.74, 6) is 0. The Hall–Kier alpha value is -2.20. The van der Waals surface area contributed by atoms with Crippen molar-refractivity contribution in [2.45, 2.75) is 19.3 Å². The second kappa shape index (κ2) is 7.38. The van der Waals surface area contributed by atoms with Crippen molar-refractivity contribution in [2.75, 3.05) is 28.6 Å². The van der Waals surface area contributed by atoms with Crippen LogP contribution in [-0.4, -0.2) is 19.1 Å². The van der Waals surface area contributed by atoms with Gasteiger partial charge in [-0.15, -0.1) is 0 Å². The Bertz CT molecular complexity index is 666. The van der Waals surface area contributed by atoms with E-state index in [0.717, 1.165) is 24.5 Å². The van der Waals surface area contributed by atoms with E-state index < -0.39 is 0 Å². The topological polar surface area (TPSA) is 44.4 Å². The molecule has 0 radical (unpaired) electrons. The minimum absolute atomic E-state index is 0.261. The maximum atomic E-state index is 12.1. The number of carbonyl (C=O) groups is 1. The number of hydrogen-bond acceptors (Lipinski definition) is 2. The number of nitrogens with zero attached hydrogens (tertiary/aromatic N) is 1. The smallest absolute Gasteiger partial charge is 0.323 e. The summed E-state index contributed by atoms with van der Waals surface area (Å²) in [7, 11) is 0. The summed E-state index contributed by atoms with van der Waals surface area (Å²) in [6.07, 6.45) is 3.77. The normalized spacial score (nSPS) is 14.4. The number of hydrogen-bond donors (Lipinski definition) is 2. The third kappa shape index (κ3) is 4.39. The molecule has 23 heavy (non-hydrogen) atoms. The third-order valence-corrected chi connectivity index (χ3v) is 4.18. The van der Waals surface area contributed by atoms with Gasteiger partial charge >= 0.3 is 6.03 Å². The number of amides is 2. The number of anilines is 3. The number of rotatable bonds is 3. The molecule has 0 aromatic heterocycles. The summed E-state index contributed by atoms with van der Waals surface area (Å²) in [5.41, 5.74) is 2.66. The predicted octanol–water partition coefficient (Wildman–Crippen LogP) is 4.97. The van der Waals surface area contributed by atoms with Gasteiger partial charge in [-0.3, -0.25) is 0 Å². The van der Waals surface area contributed by atoms with Crippen molar-refractivity contribution >= 4 is 34.7 Å². The van der Waals surface area contributed by atoms with E-state index >= 15 is 0 Å². The highest BCUT2D eigenvalue weighted by atomic mass is 35.5. The first-order chi connectivity index (χ1) is 11.2. The van der Waals surface area contributed by atoms with Crippen LogP contribution in [0.5, 0.6) is 0 Å². The van der Waals surface area contributed by atoms with Gasteiger partial charge in [-0.1, -0.05) is 17.7 Å². The van der Waals surface area contributed by atoms with Gasteiger partial charge < -0.3 is 15.5 Å². The van der Waals surface area contributed by atoms with E-state index in [1.165, 1.54) is 19.3 Å². The zero-order chi connectivity index (χ0) is 16.1. The molecule has 0 spiro atoms. The quantitative estimate of drug-likeness (QED) is 0.834. The Morgan fingerprint density at radius 1 is 0.913 bits per heavy atom. The van der Waals surface area contributed by atoms with Crippen molar-refractivity contribution < 1.29 is 4.79 Å². The van der Waals surface area contributed by atoms with Gasteiger partial charge in [0.1, 0.15) is 0 Å². The van der Waals surface area contributed by atoms with Gasteiger partial charge in [-0.2, -0.15) is 0 Å². The molecule has 1 aliphatic rings. The molecule has 3 rings (SSSR count). The molecule has 0 saturated carbocycles. The van der Waals surface area contributed by atoms with E-state index in [2.05, 4.69) is 21.6 Å². The average molecular weight is 330 g/mol. The molecule has 5 heteroatoms. The number of nitrogens with one attached hydrogen (secondary N) is 2. The van der Waals surface area contributed by atoms with E-state index in [0.29, 0.717) is 10.7 Å². The van der Waals surface area contributed by atoms with Crippen LogP contribution in [-0.2, 0) is 0 Å². The highest BCUT2D eigenvalue weighted by Crippen LogP contribution is 2.23. The Morgan fingerprint density at radius 3 is 2.35 bits per heavy atom. The van der Waals surface area contributed by atoms with Crippen LogP contribution in [0.4, 0.5) is 21.9 Å². The van der Waals surface area contributed by atoms with E-state index in [1.807, 2.05) is 18.2 Å². The first kappa shape index (κ1) is 15.7. The van der Waals surface area contributed by atoms with E-state index in [-0.39, 0.29) is 6.03 Å². The number of urea groups is 1. The molecule has 1 aliphatic heterocycles. The van der Waals surface area contributed by atoms with Gasteiger partial charge in [0, 0.05) is 35.2 Å². The molecule has 2 amide bonds. The number of carbonyl (C=O) groups excluding carboxylic acids is 1.